The van der Waals surface area contributed by atoms with E-state index in [9.17, 15) is 14.0 Å². The molecule has 1 aliphatic rings. The molecule has 4 rings (SSSR count). The van der Waals surface area contributed by atoms with Crippen LogP contribution in [0.5, 0.6) is 0 Å². The van der Waals surface area contributed by atoms with E-state index in [4.69, 9.17) is 16.3 Å². The summed E-state index contributed by atoms with van der Waals surface area (Å²) >= 11 is 6.18. The number of aromatic nitrogens is 1. The van der Waals surface area contributed by atoms with Crippen molar-refractivity contribution in [2.45, 2.75) is 20.8 Å². The molecule has 7 heteroatoms. The summed E-state index contributed by atoms with van der Waals surface area (Å²) in [5, 5.41) is 0.618. The first-order valence-electron chi connectivity index (χ1n) is 10.3. The van der Waals surface area contributed by atoms with Gasteiger partial charge in [-0.15, -0.1) is 0 Å². The maximum Gasteiger partial charge on any atom is 0.340 e. The molecule has 0 radical (unpaired) electrons. The molecule has 0 unspecified atom stereocenters. The van der Waals surface area contributed by atoms with Gasteiger partial charge in [-0.3, -0.25) is 9.69 Å². The molecule has 0 atom stereocenters. The molecule has 0 fully saturated rings. The monoisotopic (exact) mass is 464 g/mol. The fourth-order valence-electron chi connectivity index (χ4n) is 4.18. The van der Waals surface area contributed by atoms with E-state index in [0.29, 0.717) is 16.4 Å². The highest BCUT2D eigenvalue weighted by Crippen LogP contribution is 2.36. The minimum atomic E-state index is -0.611. The number of hydrogen-bond donors (Lipinski definition) is 0. The molecule has 2 heterocycles. The standard InChI is InChI=1S/C26H22ClFN2O3/c1-15-12-18(16(2)29(15)22-7-5-6-19(27)14-22)13-23-24(26(32)33-4)17(3)30(25(23)31)21-10-8-20(28)9-11-21/h5-14H,1-4H3/b23-13-. The summed E-state index contributed by atoms with van der Waals surface area (Å²) in [6.45, 7) is 5.56. The lowest BCUT2D eigenvalue weighted by molar-refractivity contribution is -0.136. The molecule has 3 aromatic rings. The van der Waals surface area contributed by atoms with Gasteiger partial charge in [-0.2, -0.15) is 0 Å². The van der Waals surface area contributed by atoms with Crippen molar-refractivity contribution in [3.63, 3.8) is 0 Å². The van der Waals surface area contributed by atoms with Gasteiger partial charge in [-0.05, 0) is 80.9 Å². The van der Waals surface area contributed by atoms with Gasteiger partial charge in [-0.1, -0.05) is 17.7 Å². The SMILES string of the molecule is COC(=O)C1=C(C)N(c2ccc(F)cc2)C(=O)/C1=C\c1cc(C)n(-c2cccc(Cl)c2)c1C. The molecule has 33 heavy (non-hydrogen) atoms. The van der Waals surface area contributed by atoms with Crippen LogP contribution < -0.4 is 4.90 Å². The van der Waals surface area contributed by atoms with E-state index in [1.165, 1.54) is 36.3 Å². The number of allylic oxidation sites excluding steroid dienone is 1. The summed E-state index contributed by atoms with van der Waals surface area (Å²) < 4.78 is 20.4. The number of benzene rings is 2. The summed E-state index contributed by atoms with van der Waals surface area (Å²) in [7, 11) is 1.27. The van der Waals surface area contributed by atoms with Crippen molar-refractivity contribution >= 4 is 35.2 Å². The molecule has 168 valence electrons. The minimum Gasteiger partial charge on any atom is -0.465 e. The van der Waals surface area contributed by atoms with Gasteiger partial charge < -0.3 is 9.30 Å². The van der Waals surface area contributed by atoms with Crippen molar-refractivity contribution in [3.05, 3.63) is 99.2 Å². The number of halogens is 2. The highest BCUT2D eigenvalue weighted by Gasteiger charge is 2.38. The number of amides is 1. The third-order valence-electron chi connectivity index (χ3n) is 5.71. The maximum absolute atomic E-state index is 13.4. The molecule has 0 N–H and O–H groups in total. The largest absolute Gasteiger partial charge is 0.465 e. The number of rotatable bonds is 4. The number of carbonyl (C=O) groups is 2. The first kappa shape index (κ1) is 22.6. The smallest absolute Gasteiger partial charge is 0.340 e. The predicted molar refractivity (Wildman–Crippen MR) is 127 cm³/mol. The number of nitrogens with zero attached hydrogens (tertiary/aromatic N) is 2. The Hall–Kier alpha value is -3.64. The zero-order valence-corrected chi connectivity index (χ0v) is 19.4. The summed E-state index contributed by atoms with van der Waals surface area (Å²) in [4.78, 5) is 27.5. The predicted octanol–water partition coefficient (Wildman–Crippen LogP) is 5.76. The number of anilines is 1. The lowest BCUT2D eigenvalue weighted by Gasteiger charge is -2.17. The third kappa shape index (κ3) is 3.98. The summed E-state index contributed by atoms with van der Waals surface area (Å²) in [6, 6.07) is 15.0. The fraction of sp³-hybridized carbons (Fsp3) is 0.154. The minimum absolute atomic E-state index is 0.180. The van der Waals surface area contributed by atoms with E-state index in [1.807, 2.05) is 42.7 Å². The number of esters is 1. The zero-order valence-electron chi connectivity index (χ0n) is 18.6. The zero-order chi connectivity index (χ0) is 23.9. The van der Waals surface area contributed by atoms with Crippen molar-refractivity contribution in [1.82, 2.24) is 4.57 Å². The van der Waals surface area contributed by atoms with Crippen LogP contribution in [0.1, 0.15) is 23.9 Å². The molecule has 0 saturated heterocycles. The maximum atomic E-state index is 13.4. The topological polar surface area (TPSA) is 51.5 Å². The molecule has 5 nitrogen and oxygen atoms in total. The average Bonchev–Trinajstić information content (AvgIpc) is 3.20. The van der Waals surface area contributed by atoms with Crippen LogP contribution in [0.2, 0.25) is 5.02 Å². The van der Waals surface area contributed by atoms with Gasteiger partial charge in [0.25, 0.3) is 5.91 Å². The van der Waals surface area contributed by atoms with Gasteiger partial charge in [-0.25, -0.2) is 9.18 Å². The Bertz CT molecular complexity index is 1340. The van der Waals surface area contributed by atoms with Gasteiger partial charge in [0, 0.05) is 33.5 Å². The second kappa shape index (κ2) is 8.71. The normalized spacial score (nSPS) is 15.0. The Labute approximate surface area is 196 Å². The van der Waals surface area contributed by atoms with Gasteiger partial charge >= 0.3 is 5.97 Å². The number of hydrogen-bond acceptors (Lipinski definition) is 3. The number of methoxy groups -OCH3 is 1. The van der Waals surface area contributed by atoms with Crippen LogP contribution >= 0.6 is 11.6 Å². The van der Waals surface area contributed by atoms with Crippen molar-refractivity contribution < 1.29 is 18.7 Å². The quantitative estimate of drug-likeness (QED) is 0.364. The Morgan fingerprint density at radius 1 is 1.03 bits per heavy atom. The average molecular weight is 465 g/mol. The molecular weight excluding hydrogens is 443 g/mol. The van der Waals surface area contributed by atoms with E-state index in [0.717, 1.165) is 22.6 Å². The highest BCUT2D eigenvalue weighted by molar-refractivity contribution is 6.30. The van der Waals surface area contributed by atoms with Crippen LogP contribution in [-0.2, 0) is 14.3 Å². The molecular formula is C26H22ClFN2O3. The molecule has 0 bridgehead atoms. The van der Waals surface area contributed by atoms with Crippen LogP contribution in [0, 0.1) is 19.7 Å². The fourth-order valence-corrected chi connectivity index (χ4v) is 4.37. The molecule has 0 aliphatic carbocycles. The molecule has 1 aromatic heterocycles. The van der Waals surface area contributed by atoms with Crippen molar-refractivity contribution in [2.24, 2.45) is 0 Å². The summed E-state index contributed by atoms with van der Waals surface area (Å²) in [5.41, 5.74) is 4.80. The van der Waals surface area contributed by atoms with Gasteiger partial charge in [0.15, 0.2) is 0 Å². The van der Waals surface area contributed by atoms with E-state index < -0.39 is 11.8 Å². The van der Waals surface area contributed by atoms with E-state index in [2.05, 4.69) is 0 Å². The van der Waals surface area contributed by atoms with Crippen LogP contribution in [0.4, 0.5) is 10.1 Å². The summed E-state index contributed by atoms with van der Waals surface area (Å²) in [5.74, 6) is -1.41. The Morgan fingerprint density at radius 3 is 2.36 bits per heavy atom. The Morgan fingerprint density at radius 2 is 1.73 bits per heavy atom. The lowest BCUT2D eigenvalue weighted by atomic mass is 10.0. The van der Waals surface area contributed by atoms with Gasteiger partial charge in [0.2, 0.25) is 0 Å². The first-order chi connectivity index (χ1) is 15.7. The van der Waals surface area contributed by atoms with E-state index >= 15 is 0 Å². The van der Waals surface area contributed by atoms with E-state index in [1.54, 1.807) is 19.1 Å². The van der Waals surface area contributed by atoms with Gasteiger partial charge in [0.1, 0.15) is 5.82 Å². The first-order valence-corrected chi connectivity index (χ1v) is 10.7. The molecule has 1 amide bonds. The van der Waals surface area contributed by atoms with E-state index in [-0.39, 0.29) is 17.1 Å². The van der Waals surface area contributed by atoms with Crippen molar-refractivity contribution in [1.29, 1.82) is 0 Å². The van der Waals surface area contributed by atoms with Crippen molar-refractivity contribution in [3.8, 4) is 5.69 Å². The van der Waals surface area contributed by atoms with Crippen molar-refractivity contribution in [2.75, 3.05) is 12.0 Å². The number of aryl methyl sites for hydroxylation is 1. The second-order valence-electron chi connectivity index (χ2n) is 7.77. The second-order valence-corrected chi connectivity index (χ2v) is 8.21. The van der Waals surface area contributed by atoms with Gasteiger partial charge in [0.05, 0.1) is 18.3 Å². The van der Waals surface area contributed by atoms with Crippen LogP contribution in [0.15, 0.2) is 71.4 Å². The Balaban J connectivity index is 1.85. The molecule has 0 saturated carbocycles. The third-order valence-corrected chi connectivity index (χ3v) is 5.95. The highest BCUT2D eigenvalue weighted by atomic mass is 35.5. The Kier molecular flexibility index (Phi) is 5.95. The van der Waals surface area contributed by atoms with Crippen LogP contribution in [0.25, 0.3) is 11.8 Å². The molecule has 0 spiro atoms. The summed E-state index contributed by atoms with van der Waals surface area (Å²) in [6.07, 6.45) is 1.70. The van der Waals surface area contributed by atoms with Crippen LogP contribution in [-0.4, -0.2) is 23.6 Å². The molecule has 1 aliphatic heterocycles. The lowest BCUT2D eigenvalue weighted by Crippen LogP contribution is -2.24. The number of ether oxygens (including phenoxy) is 1. The number of carbonyl (C=O) groups excluding carboxylic acids is 2. The van der Waals surface area contributed by atoms with Crippen LogP contribution in [0.3, 0.4) is 0 Å². The molecule has 2 aromatic carbocycles.